The molecular weight excluding hydrogens is 282 g/mol. The first kappa shape index (κ1) is 18.6. The summed E-state index contributed by atoms with van der Waals surface area (Å²) < 4.78 is 21.6. The second-order valence-corrected chi connectivity index (χ2v) is 6.56. The Kier molecular flexibility index (Phi) is 8.13. The predicted molar refractivity (Wildman–Crippen MR) is 77.9 cm³/mol. The fourth-order valence-electron chi connectivity index (χ4n) is 1.25. The molecule has 0 aromatic heterocycles. The van der Waals surface area contributed by atoms with E-state index in [1.165, 1.54) is 6.08 Å². The summed E-state index contributed by atoms with van der Waals surface area (Å²) in [6.07, 6.45) is 0.748. The Labute approximate surface area is 122 Å². The van der Waals surface area contributed by atoms with E-state index in [1.807, 2.05) is 0 Å². The second-order valence-electron chi connectivity index (χ2n) is 5.01. The molecule has 2 atom stereocenters. The number of hydrogen-bond acceptors (Lipinski definition) is 5. The van der Waals surface area contributed by atoms with Crippen molar-refractivity contribution in [1.29, 1.82) is 0 Å². The van der Waals surface area contributed by atoms with E-state index in [9.17, 15) is 13.8 Å². The van der Waals surface area contributed by atoms with Crippen LogP contribution in [0.2, 0.25) is 0 Å². The Hall–Kier alpha value is -1.37. The fraction of sp³-hybridized carbons (Fsp3) is 0.692. The van der Waals surface area contributed by atoms with E-state index in [0.29, 0.717) is 0 Å². The van der Waals surface area contributed by atoms with Crippen LogP contribution in [0.25, 0.3) is 0 Å². The maximum absolute atomic E-state index is 11.7. The first-order chi connectivity index (χ1) is 9.19. The molecule has 0 aliphatic rings. The van der Waals surface area contributed by atoms with E-state index in [2.05, 4.69) is 11.9 Å². The van der Waals surface area contributed by atoms with Gasteiger partial charge >= 0.3 is 12.1 Å². The van der Waals surface area contributed by atoms with E-state index >= 15 is 0 Å². The van der Waals surface area contributed by atoms with Gasteiger partial charge in [0.15, 0.2) is 0 Å². The fourth-order valence-corrected chi connectivity index (χ4v) is 2.24. The van der Waals surface area contributed by atoms with Crippen molar-refractivity contribution in [2.75, 3.05) is 18.1 Å². The molecule has 0 unspecified atom stereocenters. The minimum absolute atomic E-state index is 0.0376. The minimum Gasteiger partial charge on any atom is -0.464 e. The van der Waals surface area contributed by atoms with E-state index in [1.54, 1.807) is 27.7 Å². The van der Waals surface area contributed by atoms with Gasteiger partial charge in [-0.25, -0.2) is 9.59 Å². The lowest BCUT2D eigenvalue weighted by molar-refractivity contribution is -0.145. The lowest BCUT2D eigenvalue weighted by Crippen LogP contribution is -2.47. The highest BCUT2D eigenvalue weighted by Crippen LogP contribution is 2.07. The summed E-state index contributed by atoms with van der Waals surface area (Å²) in [6.45, 7) is 10.4. The Morgan fingerprint density at radius 3 is 2.45 bits per heavy atom. The molecule has 0 spiro atoms. The van der Waals surface area contributed by atoms with E-state index in [0.717, 1.165) is 0 Å². The Morgan fingerprint density at radius 1 is 1.40 bits per heavy atom. The number of alkyl carbamates (subject to hydrolysis) is 1. The van der Waals surface area contributed by atoms with Crippen molar-refractivity contribution < 1.29 is 23.3 Å². The summed E-state index contributed by atoms with van der Waals surface area (Å²) in [5.74, 6) is -0.425. The van der Waals surface area contributed by atoms with Crippen molar-refractivity contribution in [3.05, 3.63) is 12.7 Å². The minimum atomic E-state index is -1.30. The van der Waals surface area contributed by atoms with Gasteiger partial charge in [0.2, 0.25) is 0 Å². The van der Waals surface area contributed by atoms with Crippen LogP contribution in [0.5, 0.6) is 0 Å². The number of carbonyl (C=O) groups excluding carboxylic acids is 2. The molecule has 0 aromatic carbocycles. The molecule has 0 bridgehead atoms. The lowest BCUT2D eigenvalue weighted by Gasteiger charge is -2.22. The molecule has 0 rings (SSSR count). The Bertz CT molecular complexity index is 375. The van der Waals surface area contributed by atoms with Crippen molar-refractivity contribution in [2.24, 2.45) is 0 Å². The van der Waals surface area contributed by atoms with Gasteiger partial charge in [0.1, 0.15) is 11.6 Å². The van der Waals surface area contributed by atoms with Gasteiger partial charge in [-0.1, -0.05) is 6.08 Å². The quantitative estimate of drug-likeness (QED) is 0.567. The van der Waals surface area contributed by atoms with Gasteiger partial charge in [0.25, 0.3) is 0 Å². The number of amides is 1. The zero-order chi connectivity index (χ0) is 15.8. The highest BCUT2D eigenvalue weighted by molar-refractivity contribution is 7.85. The van der Waals surface area contributed by atoms with Gasteiger partial charge in [-0.05, 0) is 27.7 Å². The average molecular weight is 305 g/mol. The molecule has 0 aromatic rings. The summed E-state index contributed by atoms with van der Waals surface area (Å²) in [4.78, 5) is 23.4. The summed E-state index contributed by atoms with van der Waals surface area (Å²) in [7, 11) is -1.30. The molecular formula is C13H23NO5S. The molecule has 0 heterocycles. The second kappa shape index (κ2) is 8.73. The molecule has 116 valence electrons. The first-order valence-electron chi connectivity index (χ1n) is 6.31. The topological polar surface area (TPSA) is 81.7 Å². The van der Waals surface area contributed by atoms with Gasteiger partial charge < -0.3 is 14.8 Å². The SMILES string of the molecule is C=CC[S@@](=O)C[C@H](NC(=O)OC(C)(C)C)C(=O)OCC. The van der Waals surface area contributed by atoms with Gasteiger partial charge in [0.05, 0.1) is 12.4 Å². The molecule has 0 radical (unpaired) electrons. The summed E-state index contributed by atoms with van der Waals surface area (Å²) >= 11 is 0. The normalized spacial score (nSPS) is 14.0. The molecule has 0 aliphatic carbocycles. The van der Waals surface area contributed by atoms with Crippen LogP contribution in [0.4, 0.5) is 4.79 Å². The number of ether oxygens (including phenoxy) is 2. The third-order valence-electron chi connectivity index (χ3n) is 1.92. The van der Waals surface area contributed by atoms with Crippen LogP contribution in [-0.2, 0) is 25.1 Å². The number of carbonyl (C=O) groups is 2. The smallest absolute Gasteiger partial charge is 0.408 e. The molecule has 7 heteroatoms. The molecule has 0 aliphatic heterocycles. The van der Waals surface area contributed by atoms with Gasteiger partial charge in [-0.2, -0.15) is 0 Å². The van der Waals surface area contributed by atoms with Crippen molar-refractivity contribution in [2.45, 2.75) is 39.3 Å². The summed E-state index contributed by atoms with van der Waals surface area (Å²) in [5.41, 5.74) is -0.677. The van der Waals surface area contributed by atoms with Crippen LogP contribution in [0, 0.1) is 0 Å². The monoisotopic (exact) mass is 305 g/mol. The van der Waals surface area contributed by atoms with Crippen LogP contribution in [0.1, 0.15) is 27.7 Å². The standard InChI is InChI=1S/C13H23NO5S/c1-6-8-20(17)9-10(11(15)18-7-2)14-12(16)19-13(3,4)5/h6,10H,1,7-9H2,2-5H3,(H,14,16)/t10-,20+/m0/s1. The highest BCUT2D eigenvalue weighted by atomic mass is 32.2. The number of esters is 1. The van der Waals surface area contributed by atoms with Crippen LogP contribution in [-0.4, -0.2) is 46.0 Å². The van der Waals surface area contributed by atoms with Crippen molar-refractivity contribution >= 4 is 22.9 Å². The van der Waals surface area contributed by atoms with E-state index < -0.39 is 34.5 Å². The largest absolute Gasteiger partial charge is 0.464 e. The predicted octanol–water partition coefficient (Wildman–Crippen LogP) is 1.38. The highest BCUT2D eigenvalue weighted by Gasteiger charge is 2.26. The third-order valence-corrected chi connectivity index (χ3v) is 3.23. The Morgan fingerprint density at radius 2 is 2.00 bits per heavy atom. The van der Waals surface area contributed by atoms with Crippen LogP contribution < -0.4 is 5.32 Å². The van der Waals surface area contributed by atoms with Crippen LogP contribution >= 0.6 is 0 Å². The van der Waals surface area contributed by atoms with Crippen LogP contribution in [0.3, 0.4) is 0 Å². The molecule has 1 N–H and O–H groups in total. The van der Waals surface area contributed by atoms with Crippen molar-refractivity contribution in [3.8, 4) is 0 Å². The van der Waals surface area contributed by atoms with Crippen molar-refractivity contribution in [3.63, 3.8) is 0 Å². The van der Waals surface area contributed by atoms with E-state index in [-0.39, 0.29) is 18.1 Å². The lowest BCUT2D eigenvalue weighted by atomic mass is 10.2. The zero-order valence-corrected chi connectivity index (χ0v) is 13.2. The molecule has 0 saturated heterocycles. The number of rotatable bonds is 7. The van der Waals surface area contributed by atoms with Gasteiger partial charge in [0, 0.05) is 16.6 Å². The molecule has 0 saturated carbocycles. The Balaban J connectivity index is 4.68. The molecule has 1 amide bonds. The zero-order valence-electron chi connectivity index (χ0n) is 12.4. The third kappa shape index (κ3) is 8.68. The first-order valence-corrected chi connectivity index (χ1v) is 7.80. The molecule has 0 fully saturated rings. The van der Waals surface area contributed by atoms with E-state index in [4.69, 9.17) is 9.47 Å². The van der Waals surface area contributed by atoms with Crippen LogP contribution in [0.15, 0.2) is 12.7 Å². The van der Waals surface area contributed by atoms with Gasteiger partial charge in [-0.3, -0.25) is 4.21 Å². The number of nitrogens with one attached hydrogen (secondary N) is 1. The van der Waals surface area contributed by atoms with Crippen molar-refractivity contribution in [1.82, 2.24) is 5.32 Å². The maximum Gasteiger partial charge on any atom is 0.408 e. The molecule has 20 heavy (non-hydrogen) atoms. The summed E-state index contributed by atoms with van der Waals surface area (Å²) in [6, 6.07) is -0.995. The summed E-state index contributed by atoms with van der Waals surface area (Å²) in [5, 5.41) is 2.38. The number of hydrogen-bond donors (Lipinski definition) is 1. The molecule has 6 nitrogen and oxygen atoms in total. The van der Waals surface area contributed by atoms with Gasteiger partial charge in [-0.15, -0.1) is 6.58 Å². The maximum atomic E-state index is 11.7. The average Bonchev–Trinajstić information content (AvgIpc) is 2.26.